The number of amides is 2. The van der Waals surface area contributed by atoms with Crippen LogP contribution in [0.5, 0.6) is 0 Å². The van der Waals surface area contributed by atoms with Crippen molar-refractivity contribution in [2.45, 2.75) is 76.3 Å². The predicted molar refractivity (Wildman–Crippen MR) is 156 cm³/mol. The zero-order chi connectivity index (χ0) is 26.5. The molecule has 2 amide bonds. The molecule has 2 saturated heterocycles. The first kappa shape index (κ1) is 27.4. The summed E-state index contributed by atoms with van der Waals surface area (Å²) in [6, 6.07) is 19.0. The van der Waals surface area contributed by atoms with Crippen molar-refractivity contribution in [3.63, 3.8) is 0 Å². The van der Waals surface area contributed by atoms with Crippen molar-refractivity contribution in [3.8, 4) is 0 Å². The molecule has 3 aliphatic rings. The highest BCUT2D eigenvalue weighted by molar-refractivity contribution is 9.10. The number of hydrogen-bond donors (Lipinski definition) is 0. The molecule has 5 nitrogen and oxygen atoms in total. The smallest absolute Gasteiger partial charge is 0.230 e. The van der Waals surface area contributed by atoms with Gasteiger partial charge in [0.25, 0.3) is 0 Å². The molecule has 2 aromatic rings. The van der Waals surface area contributed by atoms with Crippen LogP contribution < -0.4 is 0 Å². The van der Waals surface area contributed by atoms with E-state index in [9.17, 15) is 9.59 Å². The van der Waals surface area contributed by atoms with Gasteiger partial charge in [-0.1, -0.05) is 77.7 Å². The third-order valence-electron chi connectivity index (χ3n) is 9.41. The molecule has 1 saturated carbocycles. The lowest BCUT2D eigenvalue weighted by atomic mass is 9.77. The summed E-state index contributed by atoms with van der Waals surface area (Å²) in [6.07, 6.45) is 9.66. The van der Waals surface area contributed by atoms with E-state index in [1.54, 1.807) is 0 Å². The summed E-state index contributed by atoms with van der Waals surface area (Å²) in [5.74, 6) is 0.506. The first-order chi connectivity index (χ1) is 18.4. The molecule has 1 atom stereocenters. The maximum Gasteiger partial charge on any atom is 0.230 e. The Morgan fingerprint density at radius 3 is 2.32 bits per heavy atom. The Labute approximate surface area is 236 Å². The molecule has 0 aromatic heterocycles. The van der Waals surface area contributed by atoms with E-state index in [1.807, 2.05) is 37.4 Å². The zero-order valence-electron chi connectivity index (χ0n) is 22.8. The number of carbonyl (C=O) groups is 2. The van der Waals surface area contributed by atoms with Crippen LogP contribution in [0.3, 0.4) is 0 Å². The van der Waals surface area contributed by atoms with Crippen molar-refractivity contribution in [2.75, 3.05) is 33.2 Å². The topological polar surface area (TPSA) is 43.9 Å². The van der Waals surface area contributed by atoms with Gasteiger partial charge in [0, 0.05) is 30.7 Å². The molecule has 0 bridgehead atoms. The van der Waals surface area contributed by atoms with E-state index in [2.05, 4.69) is 54.9 Å². The summed E-state index contributed by atoms with van der Waals surface area (Å²) in [6.45, 7) is 4.33. The van der Waals surface area contributed by atoms with Crippen molar-refractivity contribution in [1.82, 2.24) is 14.7 Å². The van der Waals surface area contributed by atoms with Crippen LogP contribution in [0.25, 0.3) is 0 Å². The first-order valence-corrected chi connectivity index (χ1v) is 15.3. The molecule has 0 N–H and O–H groups in total. The molecule has 5 rings (SSSR count). The van der Waals surface area contributed by atoms with Crippen LogP contribution in [0, 0.1) is 5.41 Å². The van der Waals surface area contributed by atoms with Gasteiger partial charge in [-0.25, -0.2) is 0 Å². The van der Waals surface area contributed by atoms with Gasteiger partial charge in [0.1, 0.15) is 0 Å². The lowest BCUT2D eigenvalue weighted by molar-refractivity contribution is -0.138. The first-order valence-electron chi connectivity index (χ1n) is 14.5. The van der Waals surface area contributed by atoms with Gasteiger partial charge in [-0.3, -0.25) is 9.59 Å². The molecule has 1 unspecified atom stereocenters. The van der Waals surface area contributed by atoms with E-state index in [1.165, 1.54) is 24.8 Å². The third kappa shape index (κ3) is 6.17. The minimum absolute atomic E-state index is 0.103. The fourth-order valence-electron chi connectivity index (χ4n) is 6.85. The van der Waals surface area contributed by atoms with Gasteiger partial charge in [-0.05, 0) is 81.4 Å². The molecule has 1 aliphatic carbocycles. The van der Waals surface area contributed by atoms with E-state index in [-0.39, 0.29) is 17.2 Å². The molecular formula is C32H42BrN3O2. The normalized spacial score (nSPS) is 21.1. The van der Waals surface area contributed by atoms with Crippen molar-refractivity contribution in [2.24, 2.45) is 5.41 Å². The van der Waals surface area contributed by atoms with Crippen molar-refractivity contribution in [3.05, 3.63) is 70.2 Å². The highest BCUT2D eigenvalue weighted by Gasteiger charge is 2.48. The summed E-state index contributed by atoms with van der Waals surface area (Å²) < 4.78 is 1.06. The van der Waals surface area contributed by atoms with Gasteiger partial charge in [0.15, 0.2) is 0 Å². The highest BCUT2D eigenvalue weighted by atomic mass is 79.9. The lowest BCUT2D eigenvalue weighted by Gasteiger charge is -2.39. The summed E-state index contributed by atoms with van der Waals surface area (Å²) in [4.78, 5) is 33.8. The Kier molecular flexibility index (Phi) is 8.89. The standard InChI is InChI=1S/C32H42BrN3O2/c1-34(28-10-6-3-7-11-28)30(37)29(26-8-4-2-5-9-26)16-20-35-21-17-32(18-22-35)19-23-36(31(32)38)24-25-12-14-27(33)15-13-25/h2,4-5,8-9,12-15,28-29H,3,6-7,10-11,16-24H2,1H3. The van der Waals surface area contributed by atoms with E-state index < -0.39 is 0 Å². The zero-order valence-corrected chi connectivity index (χ0v) is 24.4. The van der Waals surface area contributed by atoms with Crippen molar-refractivity contribution >= 4 is 27.7 Å². The number of benzene rings is 2. The number of likely N-dealkylation sites (tertiary alicyclic amines) is 2. The summed E-state index contributed by atoms with van der Waals surface area (Å²) >= 11 is 3.49. The number of rotatable bonds is 8. The monoisotopic (exact) mass is 579 g/mol. The molecular weight excluding hydrogens is 538 g/mol. The maximum absolute atomic E-state index is 13.7. The SMILES string of the molecule is CN(C(=O)C(CCN1CCC2(CC1)CCN(Cc1ccc(Br)cc1)C2=O)c1ccccc1)C1CCCCC1. The third-order valence-corrected chi connectivity index (χ3v) is 9.93. The predicted octanol–water partition coefficient (Wildman–Crippen LogP) is 6.23. The highest BCUT2D eigenvalue weighted by Crippen LogP contribution is 2.42. The minimum atomic E-state index is -0.193. The van der Waals surface area contributed by atoms with Gasteiger partial charge in [-0.15, -0.1) is 0 Å². The van der Waals surface area contributed by atoms with Gasteiger partial charge >= 0.3 is 0 Å². The fourth-order valence-corrected chi connectivity index (χ4v) is 7.11. The number of carbonyl (C=O) groups excluding carboxylic acids is 2. The van der Waals surface area contributed by atoms with Crippen LogP contribution in [0.15, 0.2) is 59.1 Å². The van der Waals surface area contributed by atoms with E-state index in [0.29, 0.717) is 18.5 Å². The Bertz CT molecular complexity index is 1080. The van der Waals surface area contributed by atoms with Crippen LogP contribution in [-0.4, -0.2) is 65.8 Å². The van der Waals surface area contributed by atoms with Gasteiger partial charge in [-0.2, -0.15) is 0 Å². The Morgan fingerprint density at radius 2 is 1.63 bits per heavy atom. The molecule has 38 heavy (non-hydrogen) atoms. The molecule has 204 valence electrons. The second-order valence-electron chi connectivity index (χ2n) is 11.7. The average Bonchev–Trinajstić information content (AvgIpc) is 3.25. The largest absolute Gasteiger partial charge is 0.342 e. The van der Waals surface area contributed by atoms with Crippen LogP contribution in [-0.2, 0) is 16.1 Å². The summed E-state index contributed by atoms with van der Waals surface area (Å²) in [7, 11) is 2.02. The molecule has 0 radical (unpaired) electrons. The summed E-state index contributed by atoms with van der Waals surface area (Å²) in [5.41, 5.74) is 2.12. The Balaban J connectivity index is 1.17. The number of nitrogens with zero attached hydrogens (tertiary/aromatic N) is 3. The van der Waals surface area contributed by atoms with Crippen LogP contribution in [0.1, 0.15) is 74.8 Å². The van der Waals surface area contributed by atoms with E-state index >= 15 is 0 Å². The molecule has 2 aromatic carbocycles. The lowest BCUT2D eigenvalue weighted by Crippen LogP contribution is -2.45. The van der Waals surface area contributed by atoms with E-state index in [0.717, 1.165) is 74.7 Å². The van der Waals surface area contributed by atoms with Crippen LogP contribution in [0.2, 0.25) is 0 Å². The van der Waals surface area contributed by atoms with Crippen LogP contribution >= 0.6 is 15.9 Å². The Hall–Kier alpha value is -2.18. The molecule has 2 aliphatic heterocycles. The fraction of sp³-hybridized carbons (Fsp3) is 0.562. The number of hydrogen-bond acceptors (Lipinski definition) is 3. The minimum Gasteiger partial charge on any atom is -0.342 e. The second-order valence-corrected chi connectivity index (χ2v) is 12.6. The molecule has 2 heterocycles. The van der Waals surface area contributed by atoms with Crippen molar-refractivity contribution in [1.29, 1.82) is 0 Å². The molecule has 6 heteroatoms. The Morgan fingerprint density at radius 1 is 0.974 bits per heavy atom. The number of likely N-dealkylation sites (N-methyl/N-ethyl adjacent to an activating group) is 1. The van der Waals surface area contributed by atoms with Crippen LogP contribution in [0.4, 0.5) is 0 Å². The van der Waals surface area contributed by atoms with Gasteiger partial charge in [0.2, 0.25) is 11.8 Å². The molecule has 3 fully saturated rings. The second kappa shape index (κ2) is 12.3. The maximum atomic E-state index is 13.7. The quantitative estimate of drug-likeness (QED) is 0.372. The van der Waals surface area contributed by atoms with E-state index in [4.69, 9.17) is 0 Å². The number of halogens is 1. The van der Waals surface area contributed by atoms with Gasteiger partial charge < -0.3 is 14.7 Å². The van der Waals surface area contributed by atoms with Gasteiger partial charge in [0.05, 0.1) is 11.3 Å². The summed E-state index contributed by atoms with van der Waals surface area (Å²) in [5, 5.41) is 0. The average molecular weight is 581 g/mol. The number of piperidine rings is 1. The molecule has 1 spiro atoms. The van der Waals surface area contributed by atoms with Crippen molar-refractivity contribution < 1.29 is 9.59 Å².